The number of hydrogen-bond acceptors (Lipinski definition) is 4. The van der Waals surface area contributed by atoms with E-state index in [1.807, 2.05) is 26.0 Å². The van der Waals surface area contributed by atoms with Crippen LogP contribution in [-0.2, 0) is 9.47 Å². The van der Waals surface area contributed by atoms with Gasteiger partial charge in [0.1, 0.15) is 17.0 Å². The monoisotopic (exact) mass is 508 g/mol. The molecule has 7 heteroatoms. The Morgan fingerprint density at radius 3 is 2.10 bits per heavy atom. The third kappa shape index (κ3) is 13.0. The molecule has 1 rings (SSSR count). The van der Waals surface area contributed by atoms with Crippen LogP contribution in [0.15, 0.2) is 18.2 Å². The lowest BCUT2D eigenvalue weighted by molar-refractivity contribution is -0.0827. The van der Waals surface area contributed by atoms with Crippen molar-refractivity contribution in [3.63, 3.8) is 0 Å². The highest BCUT2D eigenvalue weighted by Gasteiger charge is 2.26. The number of halogens is 1. The van der Waals surface area contributed by atoms with Crippen molar-refractivity contribution in [3.8, 4) is 11.5 Å². The first-order chi connectivity index (χ1) is 13.4. The van der Waals surface area contributed by atoms with Crippen LogP contribution in [0.4, 0.5) is 0 Å². The quantitative estimate of drug-likeness (QED) is 0.159. The molecule has 0 radical (unpaired) electrons. The number of phenolic OH excluding ortho intramolecular Hbond substituents is 1. The van der Waals surface area contributed by atoms with Gasteiger partial charge in [-0.05, 0) is 32.4 Å². The molecule has 0 aromatic heterocycles. The van der Waals surface area contributed by atoms with Gasteiger partial charge < -0.3 is 36.3 Å². The van der Waals surface area contributed by atoms with E-state index in [1.54, 1.807) is 6.07 Å². The van der Waals surface area contributed by atoms with Crippen LogP contribution in [0.2, 0.25) is 6.04 Å². The van der Waals surface area contributed by atoms with Crippen molar-refractivity contribution in [2.45, 2.75) is 64.3 Å². The highest BCUT2D eigenvalue weighted by Crippen LogP contribution is 2.48. The highest BCUT2D eigenvalue weighted by molar-refractivity contribution is 7.81. The Morgan fingerprint density at radius 2 is 1.52 bits per heavy atom. The maximum atomic E-state index is 9.77. The molecule has 0 spiro atoms. The maximum absolute atomic E-state index is 9.77. The summed E-state index contributed by atoms with van der Waals surface area (Å²) in [6.45, 7) is 13.1. The summed E-state index contributed by atoms with van der Waals surface area (Å²) in [6, 6.07) is 6.82. The highest BCUT2D eigenvalue weighted by atomic mass is 79.9. The van der Waals surface area contributed by atoms with E-state index in [9.17, 15) is 5.11 Å². The van der Waals surface area contributed by atoms with Crippen LogP contribution < -0.4 is 27.0 Å². The van der Waals surface area contributed by atoms with Crippen LogP contribution in [0.1, 0.15) is 52.4 Å². The second kappa shape index (κ2) is 16.5. The standard InChI is InChI=1S/C22H41O4PSi.BrH/c1-6-24-22(25-7-2)28-17-13-11-9-8-10-12-16-26-20-15-14-19(23)18-21(20)27(3,4)5;/h14-15,18,22H,6-13,16-17,28H2,1-5H3;1H. The number of hydrogen-bond donors (Lipinski definition) is 1. The fourth-order valence-electron chi connectivity index (χ4n) is 3.22. The molecule has 29 heavy (non-hydrogen) atoms. The summed E-state index contributed by atoms with van der Waals surface area (Å²) >= 11 is 0. The SMILES string of the molecule is CCOC(OCC)[SiH2]CCCCCCCCOc1ccc(O)cc1[P+](C)(C)C.[Br-]. The average molecular weight is 510 g/mol. The van der Waals surface area contributed by atoms with Crippen molar-refractivity contribution in [3.05, 3.63) is 18.2 Å². The zero-order valence-corrected chi connectivity index (χ0v) is 23.0. The zero-order valence-electron chi connectivity index (χ0n) is 19.1. The minimum atomic E-state index is -1.23. The summed E-state index contributed by atoms with van der Waals surface area (Å²) in [5, 5.41) is 10.9. The summed E-state index contributed by atoms with van der Waals surface area (Å²) < 4.78 is 17.3. The van der Waals surface area contributed by atoms with Gasteiger partial charge in [0.15, 0.2) is 5.75 Å². The van der Waals surface area contributed by atoms with Crippen molar-refractivity contribution in [1.82, 2.24) is 0 Å². The molecule has 1 aromatic carbocycles. The topological polar surface area (TPSA) is 47.9 Å². The molecule has 1 N–H and O–H groups in total. The molecule has 4 nitrogen and oxygen atoms in total. The summed E-state index contributed by atoms with van der Waals surface area (Å²) in [7, 11) is -1.50. The summed E-state index contributed by atoms with van der Waals surface area (Å²) in [6.07, 6.45) is 7.52. The van der Waals surface area contributed by atoms with Gasteiger partial charge in [0, 0.05) is 26.5 Å². The first-order valence-electron chi connectivity index (χ1n) is 10.9. The van der Waals surface area contributed by atoms with Crippen LogP contribution in [0.3, 0.4) is 0 Å². The molecule has 0 amide bonds. The molecule has 0 heterocycles. The van der Waals surface area contributed by atoms with E-state index >= 15 is 0 Å². The maximum Gasteiger partial charge on any atom is 0.161 e. The number of rotatable bonds is 16. The minimum Gasteiger partial charge on any atom is -1.00 e. The predicted octanol–water partition coefficient (Wildman–Crippen LogP) is 1.59. The van der Waals surface area contributed by atoms with Gasteiger partial charge in [0.25, 0.3) is 0 Å². The minimum absolute atomic E-state index is 0. The van der Waals surface area contributed by atoms with Crippen molar-refractivity contribution >= 4 is 22.1 Å². The Kier molecular flexibility index (Phi) is 16.5. The molecule has 0 aliphatic carbocycles. The lowest BCUT2D eigenvalue weighted by Gasteiger charge is -2.17. The van der Waals surface area contributed by atoms with Gasteiger partial charge >= 0.3 is 0 Å². The lowest BCUT2D eigenvalue weighted by Crippen LogP contribution is -3.00. The Labute approximate surface area is 192 Å². The molecule has 0 aliphatic heterocycles. The van der Waals surface area contributed by atoms with Gasteiger partial charge in [-0.25, -0.2) is 0 Å². The summed E-state index contributed by atoms with van der Waals surface area (Å²) in [4.78, 5) is 0. The van der Waals surface area contributed by atoms with E-state index in [0.717, 1.165) is 32.0 Å². The van der Waals surface area contributed by atoms with Crippen LogP contribution in [-0.4, -0.2) is 60.4 Å². The largest absolute Gasteiger partial charge is 1.00 e. The van der Waals surface area contributed by atoms with E-state index in [2.05, 4.69) is 20.0 Å². The molecule has 0 atom stereocenters. The van der Waals surface area contributed by atoms with Gasteiger partial charge in [-0.2, -0.15) is 0 Å². The average Bonchev–Trinajstić information content (AvgIpc) is 2.63. The molecule has 0 aliphatic rings. The number of phenols is 1. The van der Waals surface area contributed by atoms with Crippen LogP contribution in [0, 0.1) is 0 Å². The molecular weight excluding hydrogens is 467 g/mol. The first kappa shape index (κ1) is 28.9. The van der Waals surface area contributed by atoms with Gasteiger partial charge in [0.2, 0.25) is 0 Å². The number of benzene rings is 1. The summed E-state index contributed by atoms with van der Waals surface area (Å²) in [5.41, 5.74) is 0. The molecule has 0 bridgehead atoms. The molecule has 1 aromatic rings. The van der Waals surface area contributed by atoms with Crippen LogP contribution in [0.25, 0.3) is 0 Å². The lowest BCUT2D eigenvalue weighted by atomic mass is 10.1. The third-order valence-electron chi connectivity index (χ3n) is 4.71. The normalized spacial score (nSPS) is 11.9. The number of ether oxygens (including phenoxy) is 3. The van der Waals surface area contributed by atoms with Gasteiger partial charge in [-0.3, -0.25) is 0 Å². The van der Waals surface area contributed by atoms with E-state index in [4.69, 9.17) is 14.2 Å². The summed E-state index contributed by atoms with van der Waals surface area (Å²) in [5.74, 6) is 1.39. The third-order valence-corrected chi connectivity index (χ3v) is 8.36. The fourth-order valence-corrected chi connectivity index (χ4v) is 6.32. The van der Waals surface area contributed by atoms with Crippen LogP contribution >= 0.6 is 7.26 Å². The Hall–Kier alpha value is -0.133. The van der Waals surface area contributed by atoms with E-state index in [-0.39, 0.29) is 32.4 Å². The molecule has 0 saturated carbocycles. The molecule has 170 valence electrons. The zero-order chi connectivity index (χ0) is 20.8. The molecule has 0 unspecified atom stereocenters. The van der Waals surface area contributed by atoms with Gasteiger partial charge in [-0.1, -0.05) is 38.1 Å². The smallest absolute Gasteiger partial charge is 0.161 e. The predicted molar refractivity (Wildman–Crippen MR) is 126 cm³/mol. The second-order valence-corrected chi connectivity index (χ2v) is 14.6. The van der Waals surface area contributed by atoms with Crippen molar-refractivity contribution < 1.29 is 36.3 Å². The van der Waals surface area contributed by atoms with Crippen molar-refractivity contribution in [2.24, 2.45) is 0 Å². The second-order valence-electron chi connectivity index (χ2n) is 8.12. The molecular formula is C22H42BrO4PSi. The molecule has 0 saturated heterocycles. The van der Waals surface area contributed by atoms with Crippen molar-refractivity contribution in [2.75, 3.05) is 39.8 Å². The fraction of sp³-hybridized carbons (Fsp3) is 0.727. The number of unbranched alkanes of at least 4 members (excludes halogenated alkanes) is 5. The first-order valence-corrected chi connectivity index (χ1v) is 15.8. The van der Waals surface area contributed by atoms with E-state index in [0.29, 0.717) is 5.75 Å². The van der Waals surface area contributed by atoms with E-state index in [1.165, 1.54) is 43.5 Å². The Morgan fingerprint density at radius 1 is 0.931 bits per heavy atom. The number of aromatic hydroxyl groups is 1. The van der Waals surface area contributed by atoms with Crippen LogP contribution in [0.5, 0.6) is 11.5 Å². The Bertz CT molecular complexity index is 534. The van der Waals surface area contributed by atoms with Crippen molar-refractivity contribution in [1.29, 1.82) is 0 Å². The van der Waals surface area contributed by atoms with Gasteiger partial charge in [0.05, 0.1) is 36.1 Å². The Balaban J connectivity index is 0.00000784. The molecule has 0 fully saturated rings. The van der Waals surface area contributed by atoms with E-state index < -0.39 is 7.26 Å². The van der Waals surface area contributed by atoms with Gasteiger partial charge in [-0.15, -0.1) is 0 Å².